The van der Waals surface area contributed by atoms with Gasteiger partial charge in [0.15, 0.2) is 0 Å². The molecule has 0 spiro atoms. The maximum absolute atomic E-state index is 4.42. The van der Waals surface area contributed by atoms with E-state index < -0.39 is 0 Å². The monoisotopic (exact) mass is 244 g/mol. The van der Waals surface area contributed by atoms with Gasteiger partial charge in [-0.1, -0.05) is 12.1 Å². The van der Waals surface area contributed by atoms with Crippen LogP contribution in [0.4, 0.5) is 0 Å². The number of pyridine rings is 1. The van der Waals surface area contributed by atoms with E-state index in [1.54, 1.807) is 0 Å². The summed E-state index contributed by atoms with van der Waals surface area (Å²) in [5.74, 6) is 0. The summed E-state index contributed by atoms with van der Waals surface area (Å²) in [6.07, 6.45) is 4.47. The van der Waals surface area contributed by atoms with E-state index in [1.165, 1.54) is 30.0 Å². The Bertz CT molecular complexity index is 452. The van der Waals surface area contributed by atoms with Crippen molar-refractivity contribution in [3.63, 3.8) is 0 Å². The molecule has 2 nitrogen and oxygen atoms in total. The minimum absolute atomic E-state index is 0.608. The highest BCUT2D eigenvalue weighted by atomic mass is 32.1. The maximum Gasteiger partial charge on any atom is 0.0544 e. The van der Waals surface area contributed by atoms with Crippen LogP contribution < -0.4 is 0 Å². The number of hydrogen-bond donors (Lipinski definition) is 0. The lowest BCUT2D eigenvalue weighted by Gasteiger charge is -2.23. The van der Waals surface area contributed by atoms with Crippen LogP contribution in [0.1, 0.15) is 29.5 Å². The molecular weight excluding hydrogens is 228 g/mol. The zero-order valence-electron chi connectivity index (χ0n) is 9.75. The summed E-state index contributed by atoms with van der Waals surface area (Å²) < 4.78 is 0. The third-order valence-electron chi connectivity index (χ3n) is 3.33. The predicted octanol–water partition coefficient (Wildman–Crippen LogP) is 3.48. The number of hydrogen-bond acceptors (Lipinski definition) is 3. The van der Waals surface area contributed by atoms with E-state index in [9.17, 15) is 0 Å². The van der Waals surface area contributed by atoms with E-state index >= 15 is 0 Å². The molecule has 0 bridgehead atoms. The van der Waals surface area contributed by atoms with Gasteiger partial charge in [0, 0.05) is 23.7 Å². The molecule has 0 N–H and O–H groups in total. The molecule has 1 fully saturated rings. The fourth-order valence-electron chi connectivity index (χ4n) is 2.52. The molecule has 3 heterocycles. The molecule has 2 aromatic rings. The zero-order valence-corrected chi connectivity index (χ0v) is 10.6. The number of aromatic nitrogens is 1. The Morgan fingerprint density at radius 1 is 1.29 bits per heavy atom. The second kappa shape index (κ2) is 4.98. The summed E-state index contributed by atoms with van der Waals surface area (Å²) in [5, 5.41) is 2.17. The van der Waals surface area contributed by atoms with E-state index in [1.807, 2.05) is 23.6 Å². The van der Waals surface area contributed by atoms with Crippen molar-refractivity contribution in [2.75, 3.05) is 6.54 Å². The van der Waals surface area contributed by atoms with Crippen LogP contribution >= 0.6 is 11.3 Å². The molecule has 2 aromatic heterocycles. The van der Waals surface area contributed by atoms with Crippen molar-refractivity contribution in [1.82, 2.24) is 9.88 Å². The molecule has 0 amide bonds. The fourth-order valence-corrected chi connectivity index (χ4v) is 3.41. The molecule has 88 valence electrons. The van der Waals surface area contributed by atoms with Gasteiger partial charge in [-0.25, -0.2) is 0 Å². The molecule has 1 aliphatic rings. The zero-order chi connectivity index (χ0) is 11.5. The third-order valence-corrected chi connectivity index (χ3v) is 4.30. The molecule has 3 rings (SSSR count). The molecule has 1 atom stereocenters. The smallest absolute Gasteiger partial charge is 0.0544 e. The highest BCUT2D eigenvalue weighted by molar-refractivity contribution is 7.10. The average molecular weight is 244 g/mol. The summed E-state index contributed by atoms with van der Waals surface area (Å²) in [7, 11) is 0. The number of rotatable bonds is 3. The van der Waals surface area contributed by atoms with Crippen LogP contribution in [0.15, 0.2) is 41.9 Å². The number of likely N-dealkylation sites (tertiary alicyclic amines) is 1. The second-order valence-electron chi connectivity index (χ2n) is 4.46. The number of nitrogens with zero attached hydrogens (tertiary/aromatic N) is 2. The summed E-state index contributed by atoms with van der Waals surface area (Å²) in [4.78, 5) is 8.47. The van der Waals surface area contributed by atoms with Crippen LogP contribution in [-0.2, 0) is 6.54 Å². The Balaban J connectivity index is 1.75. The van der Waals surface area contributed by atoms with Crippen molar-refractivity contribution in [2.45, 2.75) is 25.4 Å². The van der Waals surface area contributed by atoms with Gasteiger partial charge < -0.3 is 0 Å². The van der Waals surface area contributed by atoms with Crippen molar-refractivity contribution < 1.29 is 0 Å². The van der Waals surface area contributed by atoms with Crippen LogP contribution in [0.5, 0.6) is 0 Å². The molecule has 0 radical (unpaired) electrons. The predicted molar refractivity (Wildman–Crippen MR) is 70.9 cm³/mol. The first kappa shape index (κ1) is 10.9. The first-order valence-corrected chi connectivity index (χ1v) is 6.99. The third kappa shape index (κ3) is 2.40. The Kier molecular flexibility index (Phi) is 3.20. The molecule has 1 aliphatic heterocycles. The van der Waals surface area contributed by atoms with Crippen molar-refractivity contribution in [3.05, 3.63) is 52.5 Å². The average Bonchev–Trinajstić information content (AvgIpc) is 3.00. The van der Waals surface area contributed by atoms with Crippen molar-refractivity contribution in [2.24, 2.45) is 0 Å². The lowest BCUT2D eigenvalue weighted by atomic mass is 10.2. The topological polar surface area (TPSA) is 16.1 Å². The van der Waals surface area contributed by atoms with Crippen LogP contribution in [0.3, 0.4) is 0 Å². The van der Waals surface area contributed by atoms with Gasteiger partial charge in [-0.3, -0.25) is 9.88 Å². The van der Waals surface area contributed by atoms with Crippen molar-refractivity contribution in [1.29, 1.82) is 0 Å². The molecule has 17 heavy (non-hydrogen) atoms. The summed E-state index contributed by atoms with van der Waals surface area (Å²) in [6.45, 7) is 2.17. The summed E-state index contributed by atoms with van der Waals surface area (Å²) in [6, 6.07) is 11.2. The maximum atomic E-state index is 4.42. The fraction of sp³-hybridized carbons (Fsp3) is 0.357. The summed E-state index contributed by atoms with van der Waals surface area (Å²) in [5.41, 5.74) is 1.18. The van der Waals surface area contributed by atoms with Crippen LogP contribution in [0.2, 0.25) is 0 Å². The van der Waals surface area contributed by atoms with E-state index in [0.717, 1.165) is 6.54 Å². The summed E-state index contributed by atoms with van der Waals surface area (Å²) >= 11 is 1.87. The Morgan fingerprint density at radius 2 is 2.29 bits per heavy atom. The van der Waals surface area contributed by atoms with E-state index in [-0.39, 0.29) is 0 Å². The largest absolute Gasteiger partial charge is 0.290 e. The molecule has 0 aromatic carbocycles. The molecule has 0 saturated carbocycles. The minimum atomic E-state index is 0.608. The van der Waals surface area contributed by atoms with Gasteiger partial charge in [0.2, 0.25) is 0 Å². The lowest BCUT2D eigenvalue weighted by molar-refractivity contribution is 0.248. The van der Waals surface area contributed by atoms with E-state index in [0.29, 0.717) is 6.04 Å². The van der Waals surface area contributed by atoms with Gasteiger partial charge in [-0.15, -0.1) is 11.3 Å². The highest BCUT2D eigenvalue weighted by Crippen LogP contribution is 2.35. The number of thiophene rings is 1. The Morgan fingerprint density at radius 3 is 3.06 bits per heavy atom. The minimum Gasteiger partial charge on any atom is -0.290 e. The first-order chi connectivity index (χ1) is 8.43. The van der Waals surface area contributed by atoms with Crippen molar-refractivity contribution in [3.8, 4) is 0 Å². The van der Waals surface area contributed by atoms with Gasteiger partial charge in [0.05, 0.1) is 5.69 Å². The molecule has 3 heteroatoms. The standard InChI is InChI=1S/C14H16N2S/c1-2-8-15-12(5-1)11-16-9-3-6-13(16)14-7-4-10-17-14/h1-2,4-5,7-8,10,13H,3,6,9,11H2. The van der Waals surface area contributed by atoms with Crippen LogP contribution in [0.25, 0.3) is 0 Å². The SMILES string of the molecule is c1ccc(CN2CCCC2c2cccs2)nc1. The normalized spacial score (nSPS) is 20.8. The van der Waals surface area contributed by atoms with Crippen molar-refractivity contribution >= 4 is 11.3 Å². The van der Waals surface area contributed by atoms with Gasteiger partial charge in [-0.05, 0) is 43.0 Å². The van der Waals surface area contributed by atoms with Crippen LogP contribution in [0, 0.1) is 0 Å². The first-order valence-electron chi connectivity index (χ1n) is 6.11. The lowest BCUT2D eigenvalue weighted by Crippen LogP contribution is -2.22. The molecule has 0 aliphatic carbocycles. The van der Waals surface area contributed by atoms with E-state index in [2.05, 4.69) is 39.5 Å². The van der Waals surface area contributed by atoms with Gasteiger partial charge >= 0.3 is 0 Å². The highest BCUT2D eigenvalue weighted by Gasteiger charge is 2.26. The van der Waals surface area contributed by atoms with E-state index in [4.69, 9.17) is 0 Å². The molecule has 1 saturated heterocycles. The van der Waals surface area contributed by atoms with Gasteiger partial charge in [0.1, 0.15) is 0 Å². The Labute approximate surface area is 106 Å². The molecule has 1 unspecified atom stereocenters. The quantitative estimate of drug-likeness (QED) is 0.821. The van der Waals surface area contributed by atoms with Gasteiger partial charge in [-0.2, -0.15) is 0 Å². The van der Waals surface area contributed by atoms with Gasteiger partial charge in [0.25, 0.3) is 0 Å². The Hall–Kier alpha value is -1.19. The van der Waals surface area contributed by atoms with Crippen LogP contribution in [-0.4, -0.2) is 16.4 Å². The second-order valence-corrected chi connectivity index (χ2v) is 5.44. The molecular formula is C14H16N2S.